The minimum atomic E-state index is -1.47. The van der Waals surface area contributed by atoms with E-state index in [1.54, 1.807) is 6.08 Å². The molecule has 0 spiro atoms. The van der Waals surface area contributed by atoms with Gasteiger partial charge >= 0.3 is 11.9 Å². The molecule has 0 bridgehead atoms. The first-order chi connectivity index (χ1) is 14.1. The Morgan fingerprint density at radius 3 is 2.10 bits per heavy atom. The number of benzene rings is 2. The predicted octanol–water partition coefficient (Wildman–Crippen LogP) is 3.42. The van der Waals surface area contributed by atoms with Crippen LogP contribution in [0.25, 0.3) is 0 Å². The molecule has 0 N–H and O–H groups in total. The summed E-state index contributed by atoms with van der Waals surface area (Å²) in [4.78, 5) is 28.7. The van der Waals surface area contributed by atoms with E-state index in [1.165, 1.54) is 14.2 Å². The smallest absolute Gasteiger partial charge is 0.325 e. The summed E-state index contributed by atoms with van der Waals surface area (Å²) >= 11 is 0. The van der Waals surface area contributed by atoms with Gasteiger partial charge in [0.2, 0.25) is 0 Å². The van der Waals surface area contributed by atoms with Crippen LogP contribution in [0.5, 0.6) is 0 Å². The molecule has 29 heavy (non-hydrogen) atoms. The van der Waals surface area contributed by atoms with E-state index in [0.29, 0.717) is 19.5 Å². The standard InChI is InChI=1S/C24H27NO4/c1-4-15-25-17-20(16-18-11-7-5-8-12-18)24(22(26)28-2,23(27)29-3)21(25)19-13-9-6-10-14-19/h4-14,20-21H,1,15-17H2,2-3H3/t20?,21-/m1/s1. The molecule has 0 aliphatic carbocycles. The third-order valence-electron chi connectivity index (χ3n) is 5.75. The van der Waals surface area contributed by atoms with E-state index in [-0.39, 0.29) is 5.92 Å². The Kier molecular flexibility index (Phi) is 6.49. The number of hydrogen-bond acceptors (Lipinski definition) is 5. The molecule has 3 rings (SSSR count). The summed E-state index contributed by atoms with van der Waals surface area (Å²) in [6.07, 6.45) is 2.35. The van der Waals surface area contributed by atoms with Gasteiger partial charge < -0.3 is 9.47 Å². The number of likely N-dealkylation sites (tertiary alicyclic amines) is 1. The molecule has 0 saturated carbocycles. The number of carbonyl (C=O) groups is 2. The highest BCUT2D eigenvalue weighted by atomic mass is 16.5. The van der Waals surface area contributed by atoms with Gasteiger partial charge in [-0.15, -0.1) is 6.58 Å². The zero-order valence-electron chi connectivity index (χ0n) is 16.9. The molecule has 0 aromatic heterocycles. The molecule has 2 aromatic carbocycles. The maximum atomic E-state index is 13.3. The topological polar surface area (TPSA) is 55.8 Å². The summed E-state index contributed by atoms with van der Waals surface area (Å²) in [6.45, 7) is 4.95. The number of hydrogen-bond donors (Lipinski definition) is 0. The van der Waals surface area contributed by atoms with Crippen molar-refractivity contribution in [1.29, 1.82) is 0 Å². The lowest BCUT2D eigenvalue weighted by Crippen LogP contribution is -2.50. The minimum absolute atomic E-state index is 0.310. The minimum Gasteiger partial charge on any atom is -0.468 e. The number of carbonyl (C=O) groups excluding carboxylic acids is 2. The molecular weight excluding hydrogens is 366 g/mol. The van der Waals surface area contributed by atoms with Crippen LogP contribution in [0.15, 0.2) is 73.3 Å². The van der Waals surface area contributed by atoms with Gasteiger partial charge in [0.15, 0.2) is 5.41 Å². The summed E-state index contributed by atoms with van der Waals surface area (Å²) in [5.74, 6) is -1.44. The summed E-state index contributed by atoms with van der Waals surface area (Å²) in [5.41, 5.74) is 0.464. The van der Waals surface area contributed by atoms with Crippen molar-refractivity contribution in [2.24, 2.45) is 11.3 Å². The fourth-order valence-electron chi connectivity index (χ4n) is 4.60. The lowest BCUT2D eigenvalue weighted by molar-refractivity contribution is -0.174. The number of methoxy groups -OCH3 is 2. The molecule has 1 unspecified atom stereocenters. The fraction of sp³-hybridized carbons (Fsp3) is 0.333. The van der Waals surface area contributed by atoms with Gasteiger partial charge in [-0.3, -0.25) is 14.5 Å². The van der Waals surface area contributed by atoms with Crippen LogP contribution in [0.1, 0.15) is 17.2 Å². The molecule has 152 valence electrons. The molecule has 1 saturated heterocycles. The summed E-state index contributed by atoms with van der Waals surface area (Å²) in [7, 11) is 2.65. The summed E-state index contributed by atoms with van der Waals surface area (Å²) < 4.78 is 10.4. The molecule has 0 amide bonds. The van der Waals surface area contributed by atoms with Gasteiger partial charge in [0.1, 0.15) is 0 Å². The van der Waals surface area contributed by atoms with Crippen LogP contribution in [0.4, 0.5) is 0 Å². The van der Waals surface area contributed by atoms with Crippen molar-refractivity contribution in [3.63, 3.8) is 0 Å². The summed E-state index contributed by atoms with van der Waals surface area (Å²) in [5, 5.41) is 0. The van der Waals surface area contributed by atoms with Crippen LogP contribution in [0.3, 0.4) is 0 Å². The largest absolute Gasteiger partial charge is 0.468 e. The average Bonchev–Trinajstić information content (AvgIpc) is 3.08. The van der Waals surface area contributed by atoms with Crippen molar-refractivity contribution < 1.29 is 19.1 Å². The van der Waals surface area contributed by atoms with Crippen LogP contribution in [0.2, 0.25) is 0 Å². The van der Waals surface area contributed by atoms with Gasteiger partial charge in [-0.1, -0.05) is 66.7 Å². The maximum absolute atomic E-state index is 13.3. The predicted molar refractivity (Wildman–Crippen MR) is 111 cm³/mol. The van der Waals surface area contributed by atoms with Crippen molar-refractivity contribution >= 4 is 11.9 Å². The summed E-state index contributed by atoms with van der Waals surface area (Å²) in [6, 6.07) is 19.0. The first-order valence-electron chi connectivity index (χ1n) is 9.70. The molecule has 5 nitrogen and oxygen atoms in total. The van der Waals surface area contributed by atoms with Crippen LogP contribution in [-0.4, -0.2) is 44.1 Å². The number of nitrogens with zero attached hydrogens (tertiary/aromatic N) is 1. The molecular formula is C24H27NO4. The quantitative estimate of drug-likeness (QED) is 0.410. The van der Waals surface area contributed by atoms with Gasteiger partial charge in [0.25, 0.3) is 0 Å². The molecule has 1 fully saturated rings. The normalized spacial score (nSPS) is 20.8. The molecule has 0 radical (unpaired) electrons. The van der Waals surface area contributed by atoms with Crippen LogP contribution < -0.4 is 0 Å². The second-order valence-electron chi connectivity index (χ2n) is 7.29. The SMILES string of the molecule is C=CCN1CC(Cc2ccccc2)C(C(=O)OC)(C(=O)OC)[C@H]1c1ccccc1. The highest BCUT2D eigenvalue weighted by Gasteiger charge is 2.65. The molecule has 1 aliphatic rings. The molecule has 1 heterocycles. The first-order valence-corrected chi connectivity index (χ1v) is 9.70. The van der Waals surface area contributed by atoms with E-state index in [9.17, 15) is 9.59 Å². The number of ether oxygens (including phenoxy) is 2. The van der Waals surface area contributed by atoms with E-state index in [4.69, 9.17) is 9.47 Å². The Labute approximate surface area is 171 Å². The van der Waals surface area contributed by atoms with Gasteiger partial charge in [0, 0.05) is 19.0 Å². The zero-order chi connectivity index (χ0) is 20.9. The van der Waals surface area contributed by atoms with Crippen molar-refractivity contribution in [2.75, 3.05) is 27.3 Å². The molecule has 5 heteroatoms. The second-order valence-corrected chi connectivity index (χ2v) is 7.29. The second kappa shape index (κ2) is 9.05. The van der Waals surface area contributed by atoms with Gasteiger partial charge in [-0.2, -0.15) is 0 Å². The van der Waals surface area contributed by atoms with E-state index in [1.807, 2.05) is 60.7 Å². The Balaban J connectivity index is 2.19. The van der Waals surface area contributed by atoms with Crippen molar-refractivity contribution in [3.05, 3.63) is 84.4 Å². The number of rotatable bonds is 7. The van der Waals surface area contributed by atoms with Crippen molar-refractivity contribution in [2.45, 2.75) is 12.5 Å². The maximum Gasteiger partial charge on any atom is 0.325 e. The Morgan fingerprint density at radius 2 is 1.59 bits per heavy atom. The third kappa shape index (κ3) is 3.70. The van der Waals surface area contributed by atoms with Gasteiger partial charge in [0.05, 0.1) is 20.3 Å². The van der Waals surface area contributed by atoms with Crippen LogP contribution in [0, 0.1) is 11.3 Å². The monoisotopic (exact) mass is 393 g/mol. The highest BCUT2D eigenvalue weighted by Crippen LogP contribution is 2.53. The Bertz CT molecular complexity index is 834. The first kappa shape index (κ1) is 20.8. The van der Waals surface area contributed by atoms with E-state index < -0.39 is 23.4 Å². The average molecular weight is 393 g/mol. The van der Waals surface area contributed by atoms with E-state index in [2.05, 4.69) is 11.5 Å². The van der Waals surface area contributed by atoms with Crippen LogP contribution in [-0.2, 0) is 25.5 Å². The molecule has 2 atom stereocenters. The fourth-order valence-corrected chi connectivity index (χ4v) is 4.60. The van der Waals surface area contributed by atoms with Crippen LogP contribution >= 0.6 is 0 Å². The zero-order valence-corrected chi connectivity index (χ0v) is 16.9. The lowest BCUT2D eigenvalue weighted by Gasteiger charge is -2.36. The Hall–Kier alpha value is -2.92. The van der Waals surface area contributed by atoms with E-state index in [0.717, 1.165) is 11.1 Å². The molecule has 1 aliphatic heterocycles. The Morgan fingerprint density at radius 1 is 1.03 bits per heavy atom. The lowest BCUT2D eigenvalue weighted by atomic mass is 9.68. The van der Waals surface area contributed by atoms with Crippen molar-refractivity contribution in [3.8, 4) is 0 Å². The third-order valence-corrected chi connectivity index (χ3v) is 5.75. The van der Waals surface area contributed by atoms with Gasteiger partial charge in [-0.05, 0) is 17.5 Å². The van der Waals surface area contributed by atoms with Gasteiger partial charge in [-0.25, -0.2) is 0 Å². The van der Waals surface area contributed by atoms with Crippen molar-refractivity contribution in [1.82, 2.24) is 4.90 Å². The highest BCUT2D eigenvalue weighted by molar-refractivity contribution is 6.02. The van der Waals surface area contributed by atoms with E-state index >= 15 is 0 Å². The number of esters is 2. The molecule has 2 aromatic rings.